The molecule has 0 spiro atoms. The Morgan fingerprint density at radius 3 is 1.91 bits per heavy atom. The lowest BCUT2D eigenvalue weighted by molar-refractivity contribution is 0.0697. The maximum Gasteiger partial charge on any atom is 0.336 e. The zero-order valence-electron chi connectivity index (χ0n) is 21.3. The van der Waals surface area contributed by atoms with E-state index in [9.17, 15) is 9.90 Å². The van der Waals surface area contributed by atoms with E-state index in [0.717, 1.165) is 55.2 Å². The van der Waals surface area contributed by atoms with Crippen LogP contribution >= 0.6 is 0 Å². The standard InChI is InChI=1S/C32H39FO2/c1-3-5-7-8-9-11-15-24-18-20-27(26-16-12-13-17-29(26)32(34)35)30(22-24)28-21-19-25(23-31(28)33)14-10-6-4-2/h12-13,16-23H,3-11,14-15H2,1-2H3,(H,34,35). The first-order chi connectivity index (χ1) is 17.0. The molecule has 3 aromatic rings. The summed E-state index contributed by atoms with van der Waals surface area (Å²) in [5.41, 5.74) is 5.08. The highest BCUT2D eigenvalue weighted by molar-refractivity contribution is 5.99. The van der Waals surface area contributed by atoms with Crippen LogP contribution in [0.1, 0.15) is 93.1 Å². The molecule has 3 aromatic carbocycles. The second kappa shape index (κ2) is 13.8. The molecule has 0 aliphatic heterocycles. The quantitative estimate of drug-likeness (QED) is 0.236. The Hall–Kier alpha value is -2.94. The van der Waals surface area contributed by atoms with Crippen LogP contribution < -0.4 is 0 Å². The van der Waals surface area contributed by atoms with Gasteiger partial charge in [0.2, 0.25) is 0 Å². The molecule has 0 saturated heterocycles. The average Bonchev–Trinajstić information content (AvgIpc) is 2.86. The summed E-state index contributed by atoms with van der Waals surface area (Å²) in [7, 11) is 0. The Labute approximate surface area is 210 Å². The topological polar surface area (TPSA) is 37.3 Å². The minimum atomic E-state index is -0.977. The van der Waals surface area contributed by atoms with Gasteiger partial charge < -0.3 is 5.11 Å². The Balaban J connectivity index is 1.96. The van der Waals surface area contributed by atoms with E-state index in [1.165, 1.54) is 37.7 Å². The van der Waals surface area contributed by atoms with Crippen molar-refractivity contribution < 1.29 is 14.3 Å². The number of hydrogen-bond acceptors (Lipinski definition) is 1. The van der Waals surface area contributed by atoms with Gasteiger partial charge >= 0.3 is 5.97 Å². The average molecular weight is 475 g/mol. The fraction of sp³-hybridized carbons (Fsp3) is 0.406. The summed E-state index contributed by atoms with van der Waals surface area (Å²) >= 11 is 0. The maximum absolute atomic E-state index is 15.4. The van der Waals surface area contributed by atoms with Gasteiger partial charge in [-0.25, -0.2) is 9.18 Å². The molecule has 0 aromatic heterocycles. The Kier molecular flexibility index (Phi) is 10.5. The first-order valence-corrected chi connectivity index (χ1v) is 13.3. The van der Waals surface area contributed by atoms with Gasteiger partial charge in [0.15, 0.2) is 0 Å². The summed E-state index contributed by atoms with van der Waals surface area (Å²) in [4.78, 5) is 11.9. The SMILES string of the molecule is CCCCCCCCc1ccc(-c2ccccc2C(=O)O)c(-c2ccc(CCCCC)cc2F)c1. The van der Waals surface area contributed by atoms with E-state index in [0.29, 0.717) is 11.1 Å². The third-order valence-electron chi connectivity index (χ3n) is 6.74. The molecule has 0 unspecified atom stereocenters. The highest BCUT2D eigenvalue weighted by atomic mass is 19.1. The van der Waals surface area contributed by atoms with Crippen LogP contribution in [0.2, 0.25) is 0 Å². The summed E-state index contributed by atoms with van der Waals surface area (Å²) in [6.45, 7) is 4.39. The molecule has 1 N–H and O–H groups in total. The fourth-order valence-corrected chi connectivity index (χ4v) is 4.73. The predicted octanol–water partition coefficient (Wildman–Crippen LogP) is 9.49. The normalized spacial score (nSPS) is 11.1. The van der Waals surface area contributed by atoms with Crippen LogP contribution in [0.4, 0.5) is 4.39 Å². The highest BCUT2D eigenvalue weighted by Crippen LogP contribution is 2.37. The van der Waals surface area contributed by atoms with Crippen molar-refractivity contribution in [3.8, 4) is 22.3 Å². The molecule has 0 aliphatic rings. The molecule has 0 atom stereocenters. The summed E-state index contributed by atoms with van der Waals surface area (Å²) in [5, 5.41) is 9.77. The Bertz CT molecular complexity index is 1100. The van der Waals surface area contributed by atoms with Gasteiger partial charge in [-0.05, 0) is 65.6 Å². The van der Waals surface area contributed by atoms with Crippen LogP contribution in [0, 0.1) is 5.82 Å². The summed E-state index contributed by atoms with van der Waals surface area (Å²) in [6.07, 6.45) is 12.5. The monoisotopic (exact) mass is 474 g/mol. The lowest BCUT2D eigenvalue weighted by Gasteiger charge is -2.16. The van der Waals surface area contributed by atoms with Crippen molar-refractivity contribution in [2.75, 3.05) is 0 Å². The van der Waals surface area contributed by atoms with Crippen LogP contribution in [0.15, 0.2) is 60.7 Å². The Morgan fingerprint density at radius 1 is 0.657 bits per heavy atom. The molecule has 2 nitrogen and oxygen atoms in total. The van der Waals surface area contributed by atoms with Crippen molar-refractivity contribution in [1.29, 1.82) is 0 Å². The zero-order chi connectivity index (χ0) is 25.0. The van der Waals surface area contributed by atoms with Crippen LogP contribution in [0.5, 0.6) is 0 Å². The molecule has 0 fully saturated rings. The number of carboxylic acids is 1. The van der Waals surface area contributed by atoms with Crippen molar-refractivity contribution in [3.63, 3.8) is 0 Å². The van der Waals surface area contributed by atoms with Crippen molar-refractivity contribution in [2.24, 2.45) is 0 Å². The largest absolute Gasteiger partial charge is 0.478 e. The van der Waals surface area contributed by atoms with Crippen LogP contribution in [-0.4, -0.2) is 11.1 Å². The zero-order valence-corrected chi connectivity index (χ0v) is 21.3. The van der Waals surface area contributed by atoms with Crippen LogP contribution in [0.25, 0.3) is 22.3 Å². The number of carbonyl (C=O) groups is 1. The molecular formula is C32H39FO2. The van der Waals surface area contributed by atoms with Gasteiger partial charge in [0.25, 0.3) is 0 Å². The van der Waals surface area contributed by atoms with E-state index in [2.05, 4.69) is 26.0 Å². The molecule has 3 heteroatoms. The second-order valence-electron chi connectivity index (χ2n) is 9.52. The van der Waals surface area contributed by atoms with E-state index in [4.69, 9.17) is 0 Å². The van der Waals surface area contributed by atoms with Gasteiger partial charge in [-0.2, -0.15) is 0 Å². The first-order valence-electron chi connectivity index (χ1n) is 13.3. The third kappa shape index (κ3) is 7.52. The molecule has 0 aliphatic carbocycles. The number of aromatic carboxylic acids is 1. The first kappa shape index (κ1) is 26.7. The van der Waals surface area contributed by atoms with Gasteiger partial charge in [-0.3, -0.25) is 0 Å². The maximum atomic E-state index is 15.4. The number of carboxylic acid groups (broad SMARTS) is 1. The number of halogens is 1. The smallest absolute Gasteiger partial charge is 0.336 e. The van der Waals surface area contributed by atoms with Crippen molar-refractivity contribution in [2.45, 2.75) is 84.5 Å². The summed E-state index contributed by atoms with van der Waals surface area (Å²) in [5.74, 6) is -1.22. The predicted molar refractivity (Wildman–Crippen MR) is 145 cm³/mol. The fourth-order valence-electron chi connectivity index (χ4n) is 4.73. The van der Waals surface area contributed by atoms with Crippen molar-refractivity contribution >= 4 is 5.97 Å². The van der Waals surface area contributed by atoms with Gasteiger partial charge in [-0.15, -0.1) is 0 Å². The number of benzene rings is 3. The lowest BCUT2D eigenvalue weighted by atomic mass is 9.88. The molecule has 0 radical (unpaired) electrons. The van der Waals surface area contributed by atoms with Gasteiger partial charge in [0, 0.05) is 5.56 Å². The van der Waals surface area contributed by atoms with Crippen molar-refractivity contribution in [1.82, 2.24) is 0 Å². The molecule has 35 heavy (non-hydrogen) atoms. The molecule has 3 rings (SSSR count). The third-order valence-corrected chi connectivity index (χ3v) is 6.74. The number of aryl methyl sites for hydroxylation is 2. The van der Waals surface area contributed by atoms with E-state index >= 15 is 4.39 Å². The summed E-state index contributed by atoms with van der Waals surface area (Å²) < 4.78 is 15.4. The van der Waals surface area contributed by atoms with Gasteiger partial charge in [-0.1, -0.05) is 107 Å². The minimum absolute atomic E-state index is 0.231. The lowest BCUT2D eigenvalue weighted by Crippen LogP contribution is -2.01. The van der Waals surface area contributed by atoms with Crippen molar-refractivity contribution in [3.05, 3.63) is 83.2 Å². The van der Waals surface area contributed by atoms with Gasteiger partial charge in [0.1, 0.15) is 5.82 Å². The molecular weight excluding hydrogens is 435 g/mol. The summed E-state index contributed by atoms with van der Waals surface area (Å²) in [6, 6.07) is 18.6. The molecule has 0 saturated carbocycles. The number of hydrogen-bond donors (Lipinski definition) is 1. The Morgan fingerprint density at radius 2 is 1.23 bits per heavy atom. The molecule has 0 amide bonds. The minimum Gasteiger partial charge on any atom is -0.478 e. The van der Waals surface area contributed by atoms with E-state index in [-0.39, 0.29) is 11.4 Å². The highest BCUT2D eigenvalue weighted by Gasteiger charge is 2.18. The van der Waals surface area contributed by atoms with Gasteiger partial charge in [0.05, 0.1) is 5.56 Å². The molecule has 186 valence electrons. The van der Waals surface area contributed by atoms with E-state index < -0.39 is 5.97 Å². The second-order valence-corrected chi connectivity index (χ2v) is 9.52. The number of rotatable bonds is 14. The van der Waals surface area contributed by atoms with Crippen LogP contribution in [-0.2, 0) is 12.8 Å². The van der Waals surface area contributed by atoms with E-state index in [1.54, 1.807) is 18.2 Å². The molecule has 0 bridgehead atoms. The van der Waals surface area contributed by atoms with Crippen LogP contribution in [0.3, 0.4) is 0 Å². The van der Waals surface area contributed by atoms with E-state index in [1.807, 2.05) is 30.3 Å². The molecule has 0 heterocycles. The number of unbranched alkanes of at least 4 members (excludes halogenated alkanes) is 7.